The Kier molecular flexibility index (Phi) is 10.7. The van der Waals surface area contributed by atoms with E-state index in [1.807, 2.05) is 26.0 Å². The largest absolute Gasteiger partial charge is 0.459 e. The molecule has 0 amide bonds. The van der Waals surface area contributed by atoms with Gasteiger partial charge >= 0.3 is 5.97 Å². The number of anilines is 1. The molecule has 9 nitrogen and oxygen atoms in total. The molecule has 0 unspecified atom stereocenters. The van der Waals surface area contributed by atoms with E-state index in [2.05, 4.69) is 50.9 Å². The maximum absolute atomic E-state index is 12.6. The molecular formula is C32H43N5O4S. The fourth-order valence-electron chi connectivity index (χ4n) is 5.02. The number of hydrogen-bond donors (Lipinski definition) is 0. The van der Waals surface area contributed by atoms with E-state index in [4.69, 9.17) is 4.74 Å². The number of carbonyl (C=O) groups is 1. The van der Waals surface area contributed by atoms with Crippen molar-refractivity contribution in [3.05, 3.63) is 89.1 Å². The van der Waals surface area contributed by atoms with Crippen LogP contribution in [0.4, 0.5) is 5.82 Å². The predicted molar refractivity (Wildman–Crippen MR) is 166 cm³/mol. The number of sulfonamides is 1. The highest BCUT2D eigenvalue weighted by Gasteiger charge is 2.24. The van der Waals surface area contributed by atoms with Gasteiger partial charge in [-0.25, -0.2) is 22.5 Å². The van der Waals surface area contributed by atoms with E-state index in [0.717, 1.165) is 51.4 Å². The van der Waals surface area contributed by atoms with Crippen LogP contribution in [0.1, 0.15) is 47.8 Å². The number of rotatable bonds is 12. The first kappa shape index (κ1) is 31.6. The molecule has 0 atom stereocenters. The highest BCUT2D eigenvalue weighted by molar-refractivity contribution is 7.89. The lowest BCUT2D eigenvalue weighted by Crippen LogP contribution is -2.46. The first-order valence-corrected chi connectivity index (χ1v) is 16.0. The molecule has 0 spiro atoms. The van der Waals surface area contributed by atoms with Crippen molar-refractivity contribution in [1.29, 1.82) is 0 Å². The topological polar surface area (TPSA) is 86.3 Å². The highest BCUT2D eigenvalue weighted by atomic mass is 32.2. The second-order valence-corrected chi connectivity index (χ2v) is 13.3. The van der Waals surface area contributed by atoms with Crippen LogP contribution in [0.2, 0.25) is 0 Å². The third-order valence-corrected chi connectivity index (χ3v) is 9.20. The lowest BCUT2D eigenvalue weighted by molar-refractivity contribution is 0.0378. The fourth-order valence-corrected chi connectivity index (χ4v) is 6.00. The minimum Gasteiger partial charge on any atom is -0.459 e. The van der Waals surface area contributed by atoms with Gasteiger partial charge in [-0.05, 0) is 61.3 Å². The maximum atomic E-state index is 12.6. The summed E-state index contributed by atoms with van der Waals surface area (Å²) in [5, 5.41) is 0. The SMILES string of the molecule is CCN(Cc1ccc(CN2CCN(c3ncccc3C(=O)OC(C)C)CC2)cc1)Cc1cccc(S(=O)(=O)N(C)C)c1. The van der Waals surface area contributed by atoms with Gasteiger partial charge in [-0.15, -0.1) is 0 Å². The summed E-state index contributed by atoms with van der Waals surface area (Å²) in [6.07, 6.45) is 1.55. The lowest BCUT2D eigenvalue weighted by Gasteiger charge is -2.36. The van der Waals surface area contributed by atoms with Crippen LogP contribution < -0.4 is 4.90 Å². The summed E-state index contributed by atoms with van der Waals surface area (Å²) in [5.41, 5.74) is 3.97. The zero-order valence-corrected chi connectivity index (χ0v) is 26.2. The van der Waals surface area contributed by atoms with Crippen molar-refractivity contribution in [2.24, 2.45) is 0 Å². The summed E-state index contributed by atoms with van der Waals surface area (Å²) < 4.78 is 31.8. The molecule has 0 bridgehead atoms. The average molecular weight is 594 g/mol. The van der Waals surface area contributed by atoms with Crippen LogP contribution in [-0.2, 0) is 34.4 Å². The molecule has 226 valence electrons. The van der Waals surface area contributed by atoms with Gasteiger partial charge in [0, 0.05) is 66.1 Å². The van der Waals surface area contributed by atoms with E-state index in [9.17, 15) is 13.2 Å². The Bertz CT molecular complexity index is 1440. The van der Waals surface area contributed by atoms with Crippen LogP contribution in [0.3, 0.4) is 0 Å². The summed E-state index contributed by atoms with van der Waals surface area (Å²) >= 11 is 0. The first-order valence-electron chi connectivity index (χ1n) is 14.5. The normalized spacial score (nSPS) is 14.6. The van der Waals surface area contributed by atoms with Crippen molar-refractivity contribution in [3.8, 4) is 0 Å². The Hall–Kier alpha value is -3.31. The van der Waals surface area contributed by atoms with Gasteiger partial charge in [-0.3, -0.25) is 9.80 Å². The Morgan fingerprint density at radius 3 is 2.24 bits per heavy atom. The summed E-state index contributed by atoms with van der Waals surface area (Å²) in [6, 6.07) is 19.5. The summed E-state index contributed by atoms with van der Waals surface area (Å²) in [5.74, 6) is 0.363. The summed E-state index contributed by atoms with van der Waals surface area (Å²) in [6.45, 7) is 12.3. The molecule has 3 aromatic rings. The van der Waals surface area contributed by atoms with Gasteiger partial charge in [-0.1, -0.05) is 43.3 Å². The van der Waals surface area contributed by atoms with Crippen molar-refractivity contribution in [2.45, 2.75) is 51.4 Å². The van der Waals surface area contributed by atoms with Gasteiger partial charge in [-0.2, -0.15) is 0 Å². The van der Waals surface area contributed by atoms with Crippen LogP contribution in [-0.4, -0.2) is 86.4 Å². The third kappa shape index (κ3) is 8.16. The molecule has 4 rings (SSSR count). The number of piperazine rings is 1. The van der Waals surface area contributed by atoms with E-state index in [-0.39, 0.29) is 12.1 Å². The molecule has 1 aromatic heterocycles. The number of esters is 1. The minimum absolute atomic E-state index is 0.176. The van der Waals surface area contributed by atoms with Gasteiger partial charge in [0.05, 0.1) is 11.0 Å². The molecule has 0 radical (unpaired) electrons. The van der Waals surface area contributed by atoms with Gasteiger partial charge in [0.15, 0.2) is 0 Å². The second kappa shape index (κ2) is 14.2. The zero-order valence-electron chi connectivity index (χ0n) is 25.4. The van der Waals surface area contributed by atoms with Crippen molar-refractivity contribution in [1.82, 2.24) is 19.1 Å². The number of hydrogen-bond acceptors (Lipinski definition) is 8. The number of pyridine rings is 1. The van der Waals surface area contributed by atoms with Crippen LogP contribution >= 0.6 is 0 Å². The summed E-state index contributed by atoms with van der Waals surface area (Å²) in [4.78, 5) is 24.3. The monoisotopic (exact) mass is 593 g/mol. The third-order valence-electron chi connectivity index (χ3n) is 7.39. The van der Waals surface area contributed by atoms with E-state index in [1.165, 1.54) is 15.4 Å². The molecule has 1 aliphatic heterocycles. The molecular weight excluding hydrogens is 550 g/mol. The van der Waals surface area contributed by atoms with Crippen LogP contribution in [0.5, 0.6) is 0 Å². The van der Waals surface area contributed by atoms with Crippen molar-refractivity contribution in [3.63, 3.8) is 0 Å². The minimum atomic E-state index is -3.46. The molecule has 2 aromatic carbocycles. The number of aromatic nitrogens is 1. The summed E-state index contributed by atoms with van der Waals surface area (Å²) in [7, 11) is -0.356. The number of ether oxygens (including phenoxy) is 1. The quantitative estimate of drug-likeness (QED) is 0.288. The van der Waals surface area contributed by atoms with Crippen molar-refractivity contribution >= 4 is 21.8 Å². The van der Waals surface area contributed by atoms with Crippen LogP contribution in [0.15, 0.2) is 71.8 Å². The van der Waals surface area contributed by atoms with Gasteiger partial charge in [0.25, 0.3) is 0 Å². The van der Waals surface area contributed by atoms with E-state index in [0.29, 0.717) is 22.8 Å². The molecule has 1 aliphatic rings. The highest BCUT2D eigenvalue weighted by Crippen LogP contribution is 2.22. The first-order chi connectivity index (χ1) is 20.1. The predicted octanol–water partition coefficient (Wildman–Crippen LogP) is 4.24. The number of benzene rings is 2. The Labute approximate surface area is 250 Å². The number of carbonyl (C=O) groups excluding carboxylic acids is 1. The van der Waals surface area contributed by atoms with Gasteiger partial charge < -0.3 is 9.64 Å². The standard InChI is InChI=1S/C32H43N5O4S/c1-6-35(24-28-9-7-10-29(21-28)42(39,40)34(4)5)22-26-12-14-27(15-13-26)23-36-17-19-37(20-18-36)31-30(11-8-16-33-31)32(38)41-25(2)3/h7-16,21,25H,6,17-20,22-24H2,1-5H3. The molecule has 0 aliphatic carbocycles. The van der Waals surface area contributed by atoms with Crippen LogP contribution in [0.25, 0.3) is 0 Å². The molecule has 0 saturated carbocycles. The van der Waals surface area contributed by atoms with Crippen LogP contribution in [0, 0.1) is 0 Å². The zero-order chi connectivity index (χ0) is 30.3. The van der Waals surface area contributed by atoms with Crippen molar-refractivity contribution in [2.75, 3.05) is 51.7 Å². The second-order valence-electron chi connectivity index (χ2n) is 11.1. The molecule has 2 heterocycles. The molecule has 42 heavy (non-hydrogen) atoms. The van der Waals surface area contributed by atoms with Gasteiger partial charge in [0.2, 0.25) is 10.0 Å². The fraction of sp³-hybridized carbons (Fsp3) is 0.438. The Balaban J connectivity index is 1.31. The Morgan fingerprint density at radius 1 is 0.929 bits per heavy atom. The molecule has 10 heteroatoms. The average Bonchev–Trinajstić information content (AvgIpc) is 2.98. The van der Waals surface area contributed by atoms with Gasteiger partial charge in [0.1, 0.15) is 11.4 Å². The van der Waals surface area contributed by atoms with E-state index < -0.39 is 10.0 Å². The Morgan fingerprint density at radius 2 is 1.60 bits per heavy atom. The lowest BCUT2D eigenvalue weighted by atomic mass is 10.1. The molecule has 1 fully saturated rings. The van der Waals surface area contributed by atoms with E-state index in [1.54, 1.807) is 44.6 Å². The number of nitrogens with zero attached hydrogens (tertiary/aromatic N) is 5. The smallest absolute Gasteiger partial charge is 0.342 e. The maximum Gasteiger partial charge on any atom is 0.342 e. The van der Waals surface area contributed by atoms with Crippen molar-refractivity contribution < 1.29 is 17.9 Å². The molecule has 0 N–H and O–H groups in total. The van der Waals surface area contributed by atoms with E-state index >= 15 is 0 Å². The molecule has 1 saturated heterocycles.